The van der Waals surface area contributed by atoms with E-state index < -0.39 is 0 Å². The molecule has 0 bridgehead atoms. The Morgan fingerprint density at radius 2 is 2.10 bits per heavy atom. The lowest BCUT2D eigenvalue weighted by molar-refractivity contribution is 0.388. The summed E-state index contributed by atoms with van der Waals surface area (Å²) in [5, 5.41) is 18.7. The number of benzene rings is 1. The summed E-state index contributed by atoms with van der Waals surface area (Å²) in [7, 11) is 0. The van der Waals surface area contributed by atoms with Gasteiger partial charge in [-0.3, -0.25) is 0 Å². The fourth-order valence-corrected chi connectivity index (χ4v) is 2.00. The quantitative estimate of drug-likeness (QED) is 0.777. The van der Waals surface area contributed by atoms with Crippen LogP contribution in [0.5, 0.6) is 0 Å². The zero-order chi connectivity index (χ0) is 14.8. The van der Waals surface area contributed by atoms with Crippen molar-refractivity contribution in [2.24, 2.45) is 0 Å². The molecule has 0 spiro atoms. The first-order valence-corrected chi connectivity index (χ1v) is 6.52. The highest BCUT2D eigenvalue weighted by Crippen LogP contribution is 2.19. The van der Waals surface area contributed by atoms with Gasteiger partial charge in [0.15, 0.2) is 11.6 Å². The summed E-state index contributed by atoms with van der Waals surface area (Å²) >= 11 is 0. The number of aryl methyl sites for hydroxylation is 3. The van der Waals surface area contributed by atoms with Crippen molar-refractivity contribution in [3.8, 4) is 5.69 Å². The second-order valence-corrected chi connectivity index (χ2v) is 4.72. The molecule has 1 aromatic carbocycles. The zero-order valence-corrected chi connectivity index (χ0v) is 12.0. The maximum atomic E-state index is 4.94. The van der Waals surface area contributed by atoms with Crippen LogP contribution in [0.3, 0.4) is 0 Å². The van der Waals surface area contributed by atoms with Gasteiger partial charge in [0.1, 0.15) is 0 Å². The molecule has 108 valence electrons. The van der Waals surface area contributed by atoms with E-state index in [-0.39, 0.29) is 0 Å². The molecule has 0 atom stereocenters. The van der Waals surface area contributed by atoms with Crippen molar-refractivity contribution < 1.29 is 4.52 Å². The summed E-state index contributed by atoms with van der Waals surface area (Å²) in [6.45, 7) is 6.14. The molecule has 0 radical (unpaired) electrons. The number of hydrogen-bond acceptors (Lipinski definition) is 7. The fourth-order valence-electron chi connectivity index (χ4n) is 2.00. The van der Waals surface area contributed by atoms with Gasteiger partial charge in [0.25, 0.3) is 0 Å². The molecule has 0 aliphatic heterocycles. The predicted octanol–water partition coefficient (Wildman–Crippen LogP) is 1.58. The Morgan fingerprint density at radius 3 is 2.76 bits per heavy atom. The van der Waals surface area contributed by atoms with Crippen LogP contribution in [0.15, 0.2) is 22.7 Å². The van der Waals surface area contributed by atoms with Gasteiger partial charge in [-0.1, -0.05) is 11.2 Å². The zero-order valence-electron chi connectivity index (χ0n) is 12.0. The van der Waals surface area contributed by atoms with Gasteiger partial charge < -0.3 is 9.84 Å². The highest BCUT2D eigenvalue weighted by molar-refractivity contribution is 5.54. The van der Waals surface area contributed by atoms with Crippen LogP contribution < -0.4 is 5.32 Å². The van der Waals surface area contributed by atoms with Gasteiger partial charge in [0, 0.05) is 12.6 Å². The molecule has 0 saturated carbocycles. The van der Waals surface area contributed by atoms with Crippen molar-refractivity contribution in [3.05, 3.63) is 41.3 Å². The minimum atomic E-state index is 0.494. The molecule has 0 aliphatic rings. The number of aromatic nitrogens is 6. The van der Waals surface area contributed by atoms with Crippen molar-refractivity contribution in [1.29, 1.82) is 0 Å². The number of hydrogen-bond donors (Lipinski definition) is 1. The Balaban J connectivity index is 1.82. The molecule has 0 saturated heterocycles. The van der Waals surface area contributed by atoms with Gasteiger partial charge in [-0.15, -0.1) is 5.10 Å². The Kier molecular flexibility index (Phi) is 3.35. The van der Waals surface area contributed by atoms with Crippen LogP contribution in [0, 0.1) is 20.8 Å². The highest BCUT2D eigenvalue weighted by atomic mass is 16.5. The number of tetrazole rings is 1. The molecule has 2 aromatic heterocycles. The van der Waals surface area contributed by atoms with Crippen LogP contribution >= 0.6 is 0 Å². The number of rotatable bonds is 4. The summed E-state index contributed by atoms with van der Waals surface area (Å²) in [5.74, 6) is 1.91. The molecule has 1 N–H and O–H groups in total. The van der Waals surface area contributed by atoms with Crippen LogP contribution in [0.4, 0.5) is 5.69 Å². The van der Waals surface area contributed by atoms with Crippen molar-refractivity contribution in [1.82, 2.24) is 30.3 Å². The Bertz CT molecular complexity index is 761. The molecular weight excluding hydrogens is 270 g/mol. The van der Waals surface area contributed by atoms with E-state index in [0.29, 0.717) is 18.3 Å². The van der Waals surface area contributed by atoms with E-state index in [1.807, 2.05) is 32.0 Å². The van der Waals surface area contributed by atoms with E-state index in [1.54, 1.807) is 11.6 Å². The smallest absolute Gasteiger partial charge is 0.223 e. The van der Waals surface area contributed by atoms with Crippen molar-refractivity contribution in [3.63, 3.8) is 0 Å². The molecule has 0 amide bonds. The van der Waals surface area contributed by atoms with Gasteiger partial charge in [-0.05, 0) is 42.0 Å². The van der Waals surface area contributed by atoms with Crippen LogP contribution in [0.25, 0.3) is 5.69 Å². The predicted molar refractivity (Wildman–Crippen MR) is 75.0 cm³/mol. The first kappa shape index (κ1) is 13.2. The minimum absolute atomic E-state index is 0.494. The lowest BCUT2D eigenvalue weighted by atomic mass is 10.2. The summed E-state index contributed by atoms with van der Waals surface area (Å²) in [6, 6.07) is 6.00. The molecule has 0 unspecified atom stereocenters. The van der Waals surface area contributed by atoms with E-state index in [1.165, 1.54) is 0 Å². The minimum Gasteiger partial charge on any atom is -0.378 e. The standard InChI is InChI=1S/C13H15N7O/c1-8-4-5-11(14-7-13-15-10(3)21-17-13)6-12(8)20-9(2)16-18-19-20/h4-6,14H,7H2,1-3H3. The Hall–Kier alpha value is -2.77. The number of anilines is 1. The molecule has 3 aromatic rings. The first-order chi connectivity index (χ1) is 10.1. The van der Waals surface area contributed by atoms with E-state index in [2.05, 4.69) is 31.0 Å². The highest BCUT2D eigenvalue weighted by Gasteiger charge is 2.08. The lowest BCUT2D eigenvalue weighted by Gasteiger charge is -2.10. The van der Waals surface area contributed by atoms with Crippen LogP contribution in [-0.4, -0.2) is 30.3 Å². The van der Waals surface area contributed by atoms with Crippen LogP contribution in [0.2, 0.25) is 0 Å². The SMILES string of the molecule is Cc1nc(CNc2ccc(C)c(-n3nnnc3C)c2)no1. The third kappa shape index (κ3) is 2.73. The Morgan fingerprint density at radius 1 is 1.24 bits per heavy atom. The third-order valence-corrected chi connectivity index (χ3v) is 3.08. The van der Waals surface area contributed by atoms with E-state index in [0.717, 1.165) is 22.8 Å². The largest absolute Gasteiger partial charge is 0.378 e. The van der Waals surface area contributed by atoms with Crippen LogP contribution in [0.1, 0.15) is 23.1 Å². The fraction of sp³-hybridized carbons (Fsp3) is 0.308. The molecule has 3 rings (SSSR count). The van der Waals surface area contributed by atoms with Crippen molar-refractivity contribution >= 4 is 5.69 Å². The Labute approximate surface area is 121 Å². The normalized spacial score (nSPS) is 10.8. The molecule has 0 aliphatic carbocycles. The van der Waals surface area contributed by atoms with Gasteiger partial charge >= 0.3 is 0 Å². The van der Waals surface area contributed by atoms with E-state index >= 15 is 0 Å². The topological polar surface area (TPSA) is 94.6 Å². The van der Waals surface area contributed by atoms with Crippen molar-refractivity contribution in [2.45, 2.75) is 27.3 Å². The molecular formula is C13H15N7O. The molecule has 21 heavy (non-hydrogen) atoms. The summed E-state index contributed by atoms with van der Waals surface area (Å²) < 4.78 is 6.65. The van der Waals surface area contributed by atoms with E-state index in [9.17, 15) is 0 Å². The molecule has 8 nitrogen and oxygen atoms in total. The monoisotopic (exact) mass is 285 g/mol. The van der Waals surface area contributed by atoms with Gasteiger partial charge in [-0.25, -0.2) is 0 Å². The lowest BCUT2D eigenvalue weighted by Crippen LogP contribution is -2.05. The van der Waals surface area contributed by atoms with Gasteiger partial charge in [-0.2, -0.15) is 9.67 Å². The average Bonchev–Trinajstić information content (AvgIpc) is 3.07. The van der Waals surface area contributed by atoms with Gasteiger partial charge in [0.05, 0.1) is 12.2 Å². The molecule has 8 heteroatoms. The third-order valence-electron chi connectivity index (χ3n) is 3.08. The maximum Gasteiger partial charge on any atom is 0.223 e. The molecule has 0 fully saturated rings. The number of nitrogens with one attached hydrogen (secondary N) is 1. The first-order valence-electron chi connectivity index (χ1n) is 6.52. The van der Waals surface area contributed by atoms with Gasteiger partial charge in [0.2, 0.25) is 5.89 Å². The summed E-state index contributed by atoms with van der Waals surface area (Å²) in [4.78, 5) is 4.15. The second-order valence-electron chi connectivity index (χ2n) is 4.72. The maximum absolute atomic E-state index is 4.94. The van der Waals surface area contributed by atoms with Crippen molar-refractivity contribution in [2.75, 3.05) is 5.32 Å². The van der Waals surface area contributed by atoms with Crippen LogP contribution in [-0.2, 0) is 6.54 Å². The van der Waals surface area contributed by atoms with E-state index in [4.69, 9.17) is 4.52 Å². The summed E-state index contributed by atoms with van der Waals surface area (Å²) in [5.41, 5.74) is 2.96. The second kappa shape index (κ2) is 5.31. The summed E-state index contributed by atoms with van der Waals surface area (Å²) in [6.07, 6.45) is 0. The number of nitrogens with zero attached hydrogens (tertiary/aromatic N) is 6. The molecule has 2 heterocycles. The average molecular weight is 285 g/mol.